The van der Waals surface area contributed by atoms with E-state index >= 15 is 0 Å². The van der Waals surface area contributed by atoms with Crippen LogP contribution in [0.2, 0.25) is 0 Å². The van der Waals surface area contributed by atoms with E-state index in [2.05, 4.69) is 17.5 Å². The first kappa shape index (κ1) is 11.8. The van der Waals surface area contributed by atoms with Crippen LogP contribution in [0.1, 0.15) is 18.4 Å². The van der Waals surface area contributed by atoms with Crippen LogP contribution in [0.3, 0.4) is 0 Å². The molecule has 18 heavy (non-hydrogen) atoms. The summed E-state index contributed by atoms with van der Waals surface area (Å²) in [6.45, 7) is 0.782. The number of allylic oxidation sites excluding steroid dienone is 1. The minimum Gasteiger partial charge on any atom is -0.313 e. The Labute approximate surface area is 106 Å². The first-order valence-corrected chi connectivity index (χ1v) is 6.57. The SMILES string of the molecule is Fc1cc(F)cc(CCNC2CC3CC=CC32)c1. The molecular weight excluding hydrogens is 232 g/mol. The fourth-order valence-corrected chi connectivity index (χ4v) is 3.10. The van der Waals surface area contributed by atoms with Crippen molar-refractivity contribution >= 4 is 0 Å². The summed E-state index contributed by atoms with van der Waals surface area (Å²) in [5, 5.41) is 3.48. The van der Waals surface area contributed by atoms with Gasteiger partial charge in [0.2, 0.25) is 0 Å². The molecule has 3 unspecified atom stereocenters. The molecule has 0 aliphatic heterocycles. The lowest BCUT2D eigenvalue weighted by Gasteiger charge is -2.40. The smallest absolute Gasteiger partial charge is 0.126 e. The third-order valence-electron chi connectivity index (χ3n) is 4.11. The molecule has 1 fully saturated rings. The Balaban J connectivity index is 1.48. The Morgan fingerprint density at radius 2 is 1.94 bits per heavy atom. The molecule has 0 heterocycles. The maximum Gasteiger partial charge on any atom is 0.126 e. The molecule has 3 rings (SSSR count). The van der Waals surface area contributed by atoms with Crippen molar-refractivity contribution < 1.29 is 8.78 Å². The number of nitrogens with one attached hydrogen (secondary N) is 1. The summed E-state index contributed by atoms with van der Waals surface area (Å²) in [6.07, 6.45) is 7.69. The number of rotatable bonds is 4. The molecule has 0 radical (unpaired) electrons. The van der Waals surface area contributed by atoms with Crippen molar-refractivity contribution in [3.8, 4) is 0 Å². The first-order valence-electron chi connectivity index (χ1n) is 6.57. The van der Waals surface area contributed by atoms with Crippen molar-refractivity contribution in [3.63, 3.8) is 0 Å². The fraction of sp³-hybridized carbons (Fsp3) is 0.467. The van der Waals surface area contributed by atoms with Gasteiger partial charge in [-0.05, 0) is 55.3 Å². The predicted molar refractivity (Wildman–Crippen MR) is 67.2 cm³/mol. The number of fused-ring (bicyclic) bond motifs is 1. The van der Waals surface area contributed by atoms with Crippen molar-refractivity contribution in [1.82, 2.24) is 5.32 Å². The Hall–Kier alpha value is -1.22. The van der Waals surface area contributed by atoms with E-state index in [-0.39, 0.29) is 0 Å². The molecule has 1 aromatic rings. The van der Waals surface area contributed by atoms with Crippen molar-refractivity contribution in [1.29, 1.82) is 0 Å². The van der Waals surface area contributed by atoms with Crippen molar-refractivity contribution in [2.75, 3.05) is 6.54 Å². The maximum absolute atomic E-state index is 13.0. The third-order valence-corrected chi connectivity index (χ3v) is 4.11. The topological polar surface area (TPSA) is 12.0 Å². The lowest BCUT2D eigenvalue weighted by Crippen LogP contribution is -2.48. The molecule has 0 amide bonds. The summed E-state index contributed by atoms with van der Waals surface area (Å²) in [7, 11) is 0. The second-order valence-electron chi connectivity index (χ2n) is 5.33. The molecule has 3 heteroatoms. The van der Waals surface area contributed by atoms with Crippen molar-refractivity contribution in [2.45, 2.75) is 25.3 Å². The summed E-state index contributed by atoms with van der Waals surface area (Å²) in [5.41, 5.74) is 0.720. The predicted octanol–water partition coefficient (Wildman–Crippen LogP) is 3.06. The Kier molecular flexibility index (Phi) is 3.16. The highest BCUT2D eigenvalue weighted by molar-refractivity contribution is 5.18. The van der Waals surface area contributed by atoms with Gasteiger partial charge in [-0.15, -0.1) is 0 Å². The quantitative estimate of drug-likeness (QED) is 0.809. The number of benzene rings is 1. The van der Waals surface area contributed by atoms with E-state index in [1.54, 1.807) is 0 Å². The first-order chi connectivity index (χ1) is 8.72. The molecule has 96 valence electrons. The lowest BCUT2D eigenvalue weighted by molar-refractivity contribution is 0.164. The number of halogens is 2. The highest BCUT2D eigenvalue weighted by Crippen LogP contribution is 2.42. The average Bonchev–Trinajstić information content (AvgIpc) is 2.65. The molecule has 0 saturated heterocycles. The third kappa shape index (κ3) is 2.32. The average molecular weight is 249 g/mol. The molecular formula is C15H17F2N. The summed E-state index contributed by atoms with van der Waals surface area (Å²) < 4.78 is 26.0. The Morgan fingerprint density at radius 1 is 1.17 bits per heavy atom. The zero-order chi connectivity index (χ0) is 12.5. The zero-order valence-corrected chi connectivity index (χ0v) is 10.2. The van der Waals surface area contributed by atoms with Crippen LogP contribution in [0.15, 0.2) is 30.4 Å². The molecule has 3 atom stereocenters. The van der Waals surface area contributed by atoms with Gasteiger partial charge in [0.05, 0.1) is 0 Å². The molecule has 1 nitrogen and oxygen atoms in total. The Bertz CT molecular complexity index is 449. The second-order valence-corrected chi connectivity index (χ2v) is 5.33. The standard InChI is InChI=1S/C15H17F2N/c16-12-6-10(7-13(17)9-12)4-5-18-15-8-11-2-1-3-14(11)15/h1,3,6-7,9,11,14-15,18H,2,4-5,8H2. The van der Waals surface area contributed by atoms with Gasteiger partial charge in [-0.2, -0.15) is 0 Å². The molecule has 1 aromatic carbocycles. The monoisotopic (exact) mass is 249 g/mol. The minimum atomic E-state index is -0.493. The molecule has 0 spiro atoms. The number of hydrogen-bond acceptors (Lipinski definition) is 1. The van der Waals surface area contributed by atoms with Crippen LogP contribution in [0, 0.1) is 23.5 Å². The van der Waals surface area contributed by atoms with Gasteiger partial charge in [0.15, 0.2) is 0 Å². The van der Waals surface area contributed by atoms with Gasteiger partial charge in [0, 0.05) is 12.1 Å². The highest BCUT2D eigenvalue weighted by Gasteiger charge is 2.40. The minimum absolute atomic E-state index is 0.493. The van der Waals surface area contributed by atoms with E-state index in [1.165, 1.54) is 25.0 Å². The van der Waals surface area contributed by atoms with Crippen LogP contribution >= 0.6 is 0 Å². The van der Waals surface area contributed by atoms with E-state index in [1.807, 2.05) is 0 Å². The number of hydrogen-bond donors (Lipinski definition) is 1. The van der Waals surface area contributed by atoms with Crippen LogP contribution in [-0.4, -0.2) is 12.6 Å². The molecule has 0 bridgehead atoms. The summed E-state index contributed by atoms with van der Waals surface area (Å²) in [4.78, 5) is 0. The van der Waals surface area contributed by atoms with Gasteiger partial charge >= 0.3 is 0 Å². The van der Waals surface area contributed by atoms with Crippen LogP contribution in [0.4, 0.5) is 8.78 Å². The lowest BCUT2D eigenvalue weighted by atomic mass is 9.71. The van der Waals surface area contributed by atoms with Crippen molar-refractivity contribution in [2.24, 2.45) is 11.8 Å². The van der Waals surface area contributed by atoms with Crippen LogP contribution < -0.4 is 5.32 Å². The van der Waals surface area contributed by atoms with E-state index in [9.17, 15) is 8.78 Å². The van der Waals surface area contributed by atoms with Gasteiger partial charge in [0.1, 0.15) is 11.6 Å². The largest absolute Gasteiger partial charge is 0.313 e. The molecule has 2 aliphatic rings. The zero-order valence-electron chi connectivity index (χ0n) is 10.2. The van der Waals surface area contributed by atoms with Gasteiger partial charge < -0.3 is 5.32 Å². The van der Waals surface area contributed by atoms with Crippen LogP contribution in [0.25, 0.3) is 0 Å². The summed E-state index contributed by atoms with van der Waals surface area (Å²) in [5.74, 6) is 0.545. The van der Waals surface area contributed by atoms with Gasteiger partial charge in [0.25, 0.3) is 0 Å². The summed E-state index contributed by atoms with van der Waals surface area (Å²) in [6, 6.07) is 4.29. The molecule has 1 saturated carbocycles. The van der Waals surface area contributed by atoms with Gasteiger partial charge in [-0.25, -0.2) is 8.78 Å². The van der Waals surface area contributed by atoms with E-state index < -0.39 is 11.6 Å². The fourth-order valence-electron chi connectivity index (χ4n) is 3.10. The van der Waals surface area contributed by atoms with E-state index in [0.29, 0.717) is 18.4 Å². The van der Waals surface area contributed by atoms with Crippen LogP contribution in [0.5, 0.6) is 0 Å². The normalized spacial score (nSPS) is 29.1. The van der Waals surface area contributed by atoms with Crippen molar-refractivity contribution in [3.05, 3.63) is 47.5 Å². The summed E-state index contributed by atoms with van der Waals surface area (Å²) >= 11 is 0. The molecule has 0 aromatic heterocycles. The van der Waals surface area contributed by atoms with Crippen LogP contribution in [-0.2, 0) is 6.42 Å². The molecule has 2 aliphatic carbocycles. The van der Waals surface area contributed by atoms with E-state index in [4.69, 9.17) is 0 Å². The molecule has 1 N–H and O–H groups in total. The Morgan fingerprint density at radius 3 is 2.67 bits per heavy atom. The van der Waals surface area contributed by atoms with Gasteiger partial charge in [-0.3, -0.25) is 0 Å². The van der Waals surface area contributed by atoms with E-state index in [0.717, 1.165) is 24.1 Å². The second kappa shape index (κ2) is 4.81. The maximum atomic E-state index is 13.0. The van der Waals surface area contributed by atoms with Gasteiger partial charge in [-0.1, -0.05) is 12.2 Å². The highest BCUT2D eigenvalue weighted by atomic mass is 19.1.